The van der Waals surface area contributed by atoms with Crippen molar-refractivity contribution in [2.24, 2.45) is 5.73 Å². The van der Waals surface area contributed by atoms with Gasteiger partial charge in [0.15, 0.2) is 5.82 Å². The zero-order chi connectivity index (χ0) is 14.5. The largest absolute Gasteiger partial charge is 0.369 e. The minimum Gasteiger partial charge on any atom is -0.369 e. The number of hydrogen-bond acceptors (Lipinski definition) is 4. The van der Waals surface area contributed by atoms with E-state index in [2.05, 4.69) is 51.3 Å². The lowest BCUT2D eigenvalue weighted by Gasteiger charge is -2.14. The van der Waals surface area contributed by atoms with Crippen molar-refractivity contribution in [3.05, 3.63) is 47.0 Å². The molecule has 0 aliphatic heterocycles. The fourth-order valence-corrected chi connectivity index (χ4v) is 1.95. The summed E-state index contributed by atoms with van der Waals surface area (Å²) < 4.78 is 0. The van der Waals surface area contributed by atoms with Crippen LogP contribution in [0.4, 0.5) is 0 Å². The number of nitrogens with zero attached hydrogens (tertiary/aromatic N) is 3. The smallest absolute Gasteiger partial charge is 0.225 e. The van der Waals surface area contributed by atoms with Gasteiger partial charge in [-0.1, -0.05) is 29.8 Å². The second kappa shape index (κ2) is 6.29. The minimum atomic E-state index is -0.416. The highest BCUT2D eigenvalue weighted by Crippen LogP contribution is 2.07. The predicted molar refractivity (Wildman–Crippen MR) is 75.6 cm³/mol. The molecule has 106 valence electrons. The van der Waals surface area contributed by atoms with Gasteiger partial charge in [-0.25, -0.2) is 4.98 Å². The highest BCUT2D eigenvalue weighted by Gasteiger charge is 2.08. The van der Waals surface area contributed by atoms with Gasteiger partial charge < -0.3 is 5.73 Å². The molecule has 0 aliphatic rings. The van der Waals surface area contributed by atoms with Crippen molar-refractivity contribution in [2.45, 2.75) is 26.4 Å². The van der Waals surface area contributed by atoms with Crippen molar-refractivity contribution >= 4 is 5.91 Å². The van der Waals surface area contributed by atoms with Gasteiger partial charge in [0, 0.05) is 6.54 Å². The van der Waals surface area contributed by atoms with Crippen LogP contribution in [0.5, 0.6) is 0 Å². The molecule has 0 atom stereocenters. The summed E-state index contributed by atoms with van der Waals surface area (Å²) in [4.78, 5) is 17.1. The molecule has 0 unspecified atom stereocenters. The number of primary amides is 1. The van der Waals surface area contributed by atoms with E-state index < -0.39 is 5.91 Å². The summed E-state index contributed by atoms with van der Waals surface area (Å²) in [6, 6.07) is 8.42. The number of hydrogen-bond donors (Lipinski definition) is 2. The Hall–Kier alpha value is -2.21. The number of aryl methyl sites for hydroxylation is 1. The van der Waals surface area contributed by atoms with Gasteiger partial charge in [0.2, 0.25) is 5.91 Å². The SMILES string of the molecule is Cc1ccc(CN(C)Cc2n[nH]c(CC(N)=O)n2)cc1. The van der Waals surface area contributed by atoms with E-state index in [9.17, 15) is 4.79 Å². The van der Waals surface area contributed by atoms with Crippen molar-refractivity contribution < 1.29 is 4.79 Å². The molecule has 2 rings (SSSR count). The van der Waals surface area contributed by atoms with Crippen LogP contribution in [0.2, 0.25) is 0 Å². The molecule has 1 aromatic heterocycles. The Morgan fingerprint density at radius 1 is 1.30 bits per heavy atom. The predicted octanol–water partition coefficient (Wildman–Crippen LogP) is 0.773. The van der Waals surface area contributed by atoms with E-state index in [0.717, 1.165) is 6.54 Å². The van der Waals surface area contributed by atoms with Crippen LogP contribution in [0.25, 0.3) is 0 Å². The monoisotopic (exact) mass is 273 g/mol. The van der Waals surface area contributed by atoms with Crippen LogP contribution in [0, 0.1) is 6.92 Å². The van der Waals surface area contributed by atoms with E-state index in [4.69, 9.17) is 5.73 Å². The molecule has 0 saturated heterocycles. The number of aromatic amines is 1. The van der Waals surface area contributed by atoms with Crippen LogP contribution < -0.4 is 5.73 Å². The number of rotatable bonds is 6. The second-order valence-corrected chi connectivity index (χ2v) is 5.00. The molecule has 20 heavy (non-hydrogen) atoms. The maximum Gasteiger partial charge on any atom is 0.225 e. The zero-order valence-corrected chi connectivity index (χ0v) is 11.8. The summed E-state index contributed by atoms with van der Waals surface area (Å²) >= 11 is 0. The number of aromatic nitrogens is 3. The van der Waals surface area contributed by atoms with Crippen molar-refractivity contribution in [1.29, 1.82) is 0 Å². The lowest BCUT2D eigenvalue weighted by molar-refractivity contribution is -0.117. The van der Waals surface area contributed by atoms with Crippen molar-refractivity contribution in [1.82, 2.24) is 20.1 Å². The molecule has 6 heteroatoms. The molecular weight excluding hydrogens is 254 g/mol. The van der Waals surface area contributed by atoms with E-state index in [0.29, 0.717) is 18.2 Å². The summed E-state index contributed by atoms with van der Waals surface area (Å²) in [7, 11) is 2.00. The van der Waals surface area contributed by atoms with Gasteiger partial charge in [-0.15, -0.1) is 0 Å². The molecule has 0 bridgehead atoms. The Kier molecular flexibility index (Phi) is 4.47. The normalized spacial score (nSPS) is 10.9. The number of nitrogens with two attached hydrogens (primary N) is 1. The molecule has 0 spiro atoms. The molecule has 0 radical (unpaired) electrons. The molecule has 1 heterocycles. The van der Waals surface area contributed by atoms with Gasteiger partial charge in [-0.2, -0.15) is 5.10 Å². The first-order valence-electron chi connectivity index (χ1n) is 6.45. The standard InChI is InChI=1S/C14H19N5O/c1-10-3-5-11(6-4-10)8-19(2)9-14-16-13(17-18-14)7-12(15)20/h3-6H,7-9H2,1-2H3,(H2,15,20)(H,16,17,18). The summed E-state index contributed by atoms with van der Waals surface area (Å²) in [5, 5.41) is 6.80. The number of H-pyrrole nitrogens is 1. The van der Waals surface area contributed by atoms with Crippen LogP contribution in [-0.4, -0.2) is 33.0 Å². The zero-order valence-electron chi connectivity index (χ0n) is 11.8. The number of nitrogens with one attached hydrogen (secondary N) is 1. The van der Waals surface area contributed by atoms with Crippen molar-refractivity contribution in [3.63, 3.8) is 0 Å². The van der Waals surface area contributed by atoms with E-state index in [1.165, 1.54) is 11.1 Å². The average Bonchev–Trinajstić information content (AvgIpc) is 2.78. The van der Waals surface area contributed by atoms with Crippen LogP contribution in [0.3, 0.4) is 0 Å². The summed E-state index contributed by atoms with van der Waals surface area (Å²) in [6.07, 6.45) is 0.0919. The lowest BCUT2D eigenvalue weighted by atomic mass is 10.1. The molecule has 0 saturated carbocycles. The minimum absolute atomic E-state index is 0.0919. The maximum atomic E-state index is 10.8. The molecule has 0 fully saturated rings. The van der Waals surface area contributed by atoms with Gasteiger partial charge in [0.1, 0.15) is 5.82 Å². The summed E-state index contributed by atoms with van der Waals surface area (Å²) in [5.41, 5.74) is 7.61. The third-order valence-electron chi connectivity index (χ3n) is 2.90. The summed E-state index contributed by atoms with van der Waals surface area (Å²) in [6.45, 7) is 3.50. The topological polar surface area (TPSA) is 87.9 Å². The van der Waals surface area contributed by atoms with Crippen LogP contribution in [0.15, 0.2) is 24.3 Å². The van der Waals surface area contributed by atoms with Gasteiger partial charge in [-0.05, 0) is 19.5 Å². The molecule has 6 nitrogen and oxygen atoms in total. The quantitative estimate of drug-likeness (QED) is 0.814. The summed E-state index contributed by atoms with van der Waals surface area (Å²) in [5.74, 6) is 0.757. The van der Waals surface area contributed by atoms with E-state index in [-0.39, 0.29) is 6.42 Å². The second-order valence-electron chi connectivity index (χ2n) is 5.00. The Bertz CT molecular complexity index is 576. The van der Waals surface area contributed by atoms with Gasteiger partial charge in [-0.3, -0.25) is 14.8 Å². The van der Waals surface area contributed by atoms with Gasteiger partial charge in [0.25, 0.3) is 0 Å². The lowest BCUT2D eigenvalue weighted by Crippen LogP contribution is -2.18. The third-order valence-corrected chi connectivity index (χ3v) is 2.90. The highest BCUT2D eigenvalue weighted by molar-refractivity contribution is 5.75. The molecule has 0 aliphatic carbocycles. The third kappa shape index (κ3) is 4.17. The fraction of sp³-hybridized carbons (Fsp3) is 0.357. The van der Waals surface area contributed by atoms with E-state index in [1.807, 2.05) is 7.05 Å². The van der Waals surface area contributed by atoms with Crippen LogP contribution in [-0.2, 0) is 24.3 Å². The maximum absolute atomic E-state index is 10.8. The molecule has 2 aromatic rings. The molecule has 1 aromatic carbocycles. The Morgan fingerprint density at radius 2 is 2.00 bits per heavy atom. The Labute approximate surface area is 118 Å². The van der Waals surface area contributed by atoms with E-state index >= 15 is 0 Å². The Morgan fingerprint density at radius 3 is 2.65 bits per heavy atom. The highest BCUT2D eigenvalue weighted by atomic mass is 16.1. The van der Waals surface area contributed by atoms with E-state index in [1.54, 1.807) is 0 Å². The first kappa shape index (κ1) is 14.2. The van der Waals surface area contributed by atoms with Gasteiger partial charge >= 0.3 is 0 Å². The molecular formula is C14H19N5O. The van der Waals surface area contributed by atoms with Crippen LogP contribution in [0.1, 0.15) is 22.8 Å². The number of carbonyl (C=O) groups excluding carboxylic acids is 1. The first-order chi connectivity index (χ1) is 9.52. The van der Waals surface area contributed by atoms with Gasteiger partial charge in [0.05, 0.1) is 13.0 Å². The van der Waals surface area contributed by atoms with Crippen LogP contribution >= 0.6 is 0 Å². The van der Waals surface area contributed by atoms with Crippen molar-refractivity contribution in [3.8, 4) is 0 Å². The fourth-order valence-electron chi connectivity index (χ4n) is 1.95. The molecule has 3 N–H and O–H groups in total. The first-order valence-corrected chi connectivity index (χ1v) is 6.45. The average molecular weight is 273 g/mol. The number of carbonyl (C=O) groups is 1. The number of benzene rings is 1. The van der Waals surface area contributed by atoms with Crippen molar-refractivity contribution in [2.75, 3.05) is 7.05 Å². The number of amides is 1. The Balaban J connectivity index is 1.90. The molecule has 1 amide bonds.